The molecule has 3 aromatic heterocycles. The Morgan fingerprint density at radius 1 is 1.10 bits per heavy atom. The molecule has 2 fully saturated rings. The number of carbonyl (C=O) groups excluding carboxylic acids is 1. The number of methoxy groups -OCH3 is 1. The fourth-order valence-corrected chi connectivity index (χ4v) is 5.88. The highest BCUT2D eigenvalue weighted by atomic mass is 16.5. The van der Waals surface area contributed by atoms with Crippen LogP contribution >= 0.6 is 0 Å². The Kier molecular flexibility index (Phi) is 7.69. The summed E-state index contributed by atoms with van der Waals surface area (Å²) in [5.41, 5.74) is 6.79. The number of hydrogen-bond donors (Lipinski definition) is 2. The van der Waals surface area contributed by atoms with Gasteiger partial charge in [-0.05, 0) is 55.5 Å². The number of piperidine rings is 1. The third-order valence-electron chi connectivity index (χ3n) is 8.22. The predicted molar refractivity (Wildman–Crippen MR) is 157 cm³/mol. The number of nitrogens with zero attached hydrogens (tertiary/aromatic N) is 8. The van der Waals surface area contributed by atoms with Gasteiger partial charge in [-0.1, -0.05) is 12.1 Å². The molecule has 0 saturated carbocycles. The number of fused-ring (bicyclic) bond motifs is 1. The summed E-state index contributed by atoms with van der Waals surface area (Å²) in [5.74, 6) is 2.28. The number of anilines is 3. The second kappa shape index (κ2) is 11.6. The second-order valence-electron chi connectivity index (χ2n) is 11.3. The molecule has 0 aliphatic carbocycles. The van der Waals surface area contributed by atoms with E-state index in [1.54, 1.807) is 25.3 Å². The van der Waals surface area contributed by atoms with Crippen LogP contribution in [0.15, 0.2) is 47.1 Å². The minimum absolute atomic E-state index is 0.0818. The van der Waals surface area contributed by atoms with Crippen LogP contribution in [0.1, 0.15) is 31.7 Å². The van der Waals surface area contributed by atoms with Crippen LogP contribution < -0.4 is 15.5 Å². The first-order valence-corrected chi connectivity index (χ1v) is 14.4. The van der Waals surface area contributed by atoms with Crippen LogP contribution in [-0.4, -0.2) is 93.5 Å². The van der Waals surface area contributed by atoms with Crippen molar-refractivity contribution in [2.75, 3.05) is 68.5 Å². The van der Waals surface area contributed by atoms with Crippen molar-refractivity contribution < 1.29 is 19.1 Å². The number of hydrogen-bond acceptors (Lipinski definition) is 12. The smallest absolute Gasteiger partial charge is 0.308 e. The van der Waals surface area contributed by atoms with Gasteiger partial charge in [0, 0.05) is 51.5 Å². The van der Waals surface area contributed by atoms with E-state index in [4.69, 9.17) is 14.9 Å². The molecule has 0 radical (unpaired) electrons. The quantitative estimate of drug-likeness (QED) is 0.296. The number of aliphatic hydroxyl groups is 1. The first-order valence-electron chi connectivity index (χ1n) is 14.4. The summed E-state index contributed by atoms with van der Waals surface area (Å²) in [6.07, 6.45) is 3.72. The van der Waals surface area contributed by atoms with Crippen LogP contribution in [0.4, 0.5) is 17.6 Å². The molecule has 13 nitrogen and oxygen atoms in total. The average molecular weight is 576 g/mol. The minimum Gasteiger partial charge on any atom is -0.469 e. The molecule has 3 N–H and O–H groups in total. The summed E-state index contributed by atoms with van der Waals surface area (Å²) in [7, 11) is 1.33. The summed E-state index contributed by atoms with van der Waals surface area (Å²) in [4.78, 5) is 32.5. The summed E-state index contributed by atoms with van der Waals surface area (Å²) >= 11 is 0. The van der Waals surface area contributed by atoms with Crippen LogP contribution in [0, 0.1) is 5.92 Å². The lowest BCUT2D eigenvalue weighted by Gasteiger charge is -2.40. The SMILES string of the molecule is COC(=O)CC(C)(O)c1ccc(N2CCN(C[C@@H]3CCCN(c4nc(N)n5nc(-c6ccco6)nc5n4)C3)CC2)cc1. The highest BCUT2D eigenvalue weighted by Gasteiger charge is 2.29. The van der Waals surface area contributed by atoms with Crippen molar-refractivity contribution in [2.24, 2.45) is 5.92 Å². The molecule has 4 aromatic rings. The fraction of sp³-hybridized carbons (Fsp3) is 0.483. The van der Waals surface area contributed by atoms with Crippen molar-refractivity contribution in [1.29, 1.82) is 0 Å². The third kappa shape index (κ3) is 5.88. The summed E-state index contributed by atoms with van der Waals surface area (Å²) in [5, 5.41) is 15.1. The molecule has 13 heteroatoms. The molecular formula is C29H37N9O4. The molecule has 222 valence electrons. The average Bonchev–Trinajstić information content (AvgIpc) is 3.68. The molecule has 1 unspecified atom stereocenters. The van der Waals surface area contributed by atoms with Gasteiger partial charge in [-0.25, -0.2) is 0 Å². The van der Waals surface area contributed by atoms with E-state index < -0.39 is 11.6 Å². The molecule has 0 spiro atoms. The Labute approximate surface area is 243 Å². The Morgan fingerprint density at radius 2 is 1.88 bits per heavy atom. The van der Waals surface area contributed by atoms with E-state index in [9.17, 15) is 9.90 Å². The van der Waals surface area contributed by atoms with E-state index >= 15 is 0 Å². The molecular weight excluding hydrogens is 538 g/mol. The lowest BCUT2D eigenvalue weighted by Crippen LogP contribution is -2.49. The Hall–Kier alpha value is -4.23. The van der Waals surface area contributed by atoms with Crippen LogP contribution in [0.5, 0.6) is 0 Å². The molecule has 2 saturated heterocycles. The Bertz CT molecular complexity index is 1510. The number of aromatic nitrogens is 5. The van der Waals surface area contributed by atoms with Gasteiger partial charge in [-0.15, -0.1) is 5.10 Å². The van der Waals surface area contributed by atoms with E-state index in [0.29, 0.717) is 34.8 Å². The topological polar surface area (TPSA) is 151 Å². The number of ether oxygens (including phenoxy) is 1. The normalized spacial score (nSPS) is 19.6. The monoisotopic (exact) mass is 575 g/mol. The predicted octanol–water partition coefficient (Wildman–Crippen LogP) is 2.17. The van der Waals surface area contributed by atoms with E-state index in [-0.39, 0.29) is 12.4 Å². The molecule has 42 heavy (non-hydrogen) atoms. The molecule has 0 amide bonds. The zero-order chi connectivity index (χ0) is 29.3. The Balaban J connectivity index is 1.04. The minimum atomic E-state index is -1.26. The van der Waals surface area contributed by atoms with Crippen molar-refractivity contribution in [3.05, 3.63) is 48.2 Å². The van der Waals surface area contributed by atoms with Gasteiger partial charge in [-0.3, -0.25) is 9.69 Å². The van der Waals surface area contributed by atoms with Crippen LogP contribution in [-0.2, 0) is 15.1 Å². The summed E-state index contributed by atoms with van der Waals surface area (Å²) in [6, 6.07) is 11.4. The van der Waals surface area contributed by atoms with Crippen molar-refractivity contribution in [3.63, 3.8) is 0 Å². The maximum absolute atomic E-state index is 11.7. The van der Waals surface area contributed by atoms with Gasteiger partial charge in [-0.2, -0.15) is 19.5 Å². The van der Waals surface area contributed by atoms with Crippen molar-refractivity contribution >= 4 is 29.3 Å². The number of furan rings is 1. The third-order valence-corrected chi connectivity index (χ3v) is 8.22. The lowest BCUT2D eigenvalue weighted by molar-refractivity contribution is -0.145. The fourth-order valence-electron chi connectivity index (χ4n) is 5.88. The largest absolute Gasteiger partial charge is 0.469 e. The van der Waals surface area contributed by atoms with Gasteiger partial charge in [0.1, 0.15) is 0 Å². The highest BCUT2D eigenvalue weighted by Crippen LogP contribution is 2.28. The molecule has 2 atom stereocenters. The first kappa shape index (κ1) is 27.9. The number of benzene rings is 1. The standard InChI is InChI=1S/C29H37N9O4/c1-29(40,17-24(39)41-2)21-7-9-22(10-8-21)36-14-12-35(13-15-36)18-20-5-3-11-37(19-20)27-32-26(30)38-28(33-27)31-25(34-38)23-6-4-16-42-23/h4,6-10,16,20,40H,3,5,11-15,17-19H2,1-2H3,(H2,30,31,32,33,34)/t20-,29?/m0/s1. The van der Waals surface area contributed by atoms with Crippen LogP contribution in [0.3, 0.4) is 0 Å². The highest BCUT2D eigenvalue weighted by molar-refractivity contribution is 5.71. The van der Waals surface area contributed by atoms with Gasteiger partial charge >= 0.3 is 5.97 Å². The van der Waals surface area contributed by atoms with Crippen LogP contribution in [0.25, 0.3) is 17.4 Å². The van der Waals surface area contributed by atoms with Gasteiger partial charge in [0.15, 0.2) is 5.76 Å². The number of piperazine rings is 1. The Morgan fingerprint density at radius 3 is 2.60 bits per heavy atom. The number of esters is 1. The molecule has 0 bridgehead atoms. The van der Waals surface area contributed by atoms with E-state index in [2.05, 4.69) is 34.8 Å². The zero-order valence-electron chi connectivity index (χ0n) is 24.0. The second-order valence-corrected chi connectivity index (χ2v) is 11.3. The van der Waals surface area contributed by atoms with Crippen molar-refractivity contribution in [3.8, 4) is 11.6 Å². The maximum atomic E-state index is 11.7. The lowest BCUT2D eigenvalue weighted by atomic mass is 9.92. The molecule has 1 aromatic carbocycles. The number of nitrogen functional groups attached to an aromatic ring is 1. The molecule has 2 aliphatic rings. The van der Waals surface area contributed by atoms with Gasteiger partial charge in [0.05, 0.1) is 25.4 Å². The number of nitrogens with two attached hydrogens (primary N) is 1. The number of carbonyl (C=O) groups is 1. The van der Waals surface area contributed by atoms with Crippen LogP contribution in [0.2, 0.25) is 0 Å². The van der Waals surface area contributed by atoms with E-state index in [1.807, 2.05) is 24.3 Å². The summed E-state index contributed by atoms with van der Waals surface area (Å²) in [6.45, 7) is 8.20. The maximum Gasteiger partial charge on any atom is 0.308 e. The zero-order valence-corrected chi connectivity index (χ0v) is 24.0. The van der Waals surface area contributed by atoms with E-state index in [1.165, 1.54) is 11.6 Å². The van der Waals surface area contributed by atoms with Gasteiger partial charge < -0.3 is 29.8 Å². The van der Waals surface area contributed by atoms with E-state index in [0.717, 1.165) is 64.3 Å². The molecule has 2 aliphatic heterocycles. The summed E-state index contributed by atoms with van der Waals surface area (Å²) < 4.78 is 11.6. The molecule has 6 rings (SSSR count). The molecule has 5 heterocycles. The van der Waals surface area contributed by atoms with Crippen molar-refractivity contribution in [2.45, 2.75) is 31.8 Å². The first-order chi connectivity index (χ1) is 20.3. The van der Waals surface area contributed by atoms with Crippen molar-refractivity contribution in [1.82, 2.24) is 29.5 Å². The van der Waals surface area contributed by atoms with Gasteiger partial charge in [0.25, 0.3) is 5.78 Å². The number of rotatable bonds is 8. The van der Waals surface area contributed by atoms with Gasteiger partial charge in [0.2, 0.25) is 17.7 Å².